The Morgan fingerprint density at radius 3 is 2.34 bits per heavy atom. The number of carbonyl (C=O) groups is 4. The normalized spacial score (nSPS) is 13.8. The van der Waals surface area contributed by atoms with Gasteiger partial charge in [-0.15, -0.1) is 0 Å². The third-order valence-corrected chi connectivity index (χ3v) is 9.75. The van der Waals surface area contributed by atoms with Gasteiger partial charge in [0.2, 0.25) is 29.5 Å². The van der Waals surface area contributed by atoms with E-state index in [2.05, 4.69) is 57.4 Å². The van der Waals surface area contributed by atoms with Gasteiger partial charge in [0.05, 0.1) is 13.0 Å². The lowest BCUT2D eigenvalue weighted by Crippen LogP contribution is -2.39. The fourth-order valence-electron chi connectivity index (χ4n) is 6.54. The lowest BCUT2D eigenvalue weighted by Gasteiger charge is -2.21. The van der Waals surface area contributed by atoms with E-state index in [4.69, 9.17) is 14.2 Å². The number of rotatable bonds is 22. The summed E-state index contributed by atoms with van der Waals surface area (Å²) in [7, 11) is 1.59. The molecule has 5 rings (SSSR count). The molecule has 1 aliphatic heterocycles. The molecule has 0 bridgehead atoms. The molecule has 1 atom stereocenters. The first-order valence-electron chi connectivity index (χ1n) is 19.4. The highest BCUT2D eigenvalue weighted by molar-refractivity contribution is 6.00. The van der Waals surface area contributed by atoms with E-state index in [9.17, 15) is 19.2 Å². The maximum Gasteiger partial charge on any atom is 0.257 e. The van der Waals surface area contributed by atoms with Crippen molar-refractivity contribution >= 4 is 23.6 Å². The van der Waals surface area contributed by atoms with Crippen molar-refractivity contribution < 1.29 is 33.4 Å². The number of carbonyl (C=O) groups excluding carboxylic acids is 4. The summed E-state index contributed by atoms with van der Waals surface area (Å²) < 4.78 is 17.2. The molecule has 4 N–H and O–H groups in total. The minimum Gasteiger partial charge on any atom is -0.484 e. The van der Waals surface area contributed by atoms with Gasteiger partial charge in [-0.2, -0.15) is 4.98 Å². The summed E-state index contributed by atoms with van der Waals surface area (Å²) in [6, 6.07) is 27.4. The lowest BCUT2D eigenvalue weighted by molar-refractivity contribution is -0.134. The molecule has 0 radical (unpaired) electrons. The maximum absolute atomic E-state index is 12.3. The minimum absolute atomic E-state index is 0.0370. The van der Waals surface area contributed by atoms with Gasteiger partial charge >= 0.3 is 0 Å². The van der Waals surface area contributed by atoms with Gasteiger partial charge in [-0.1, -0.05) is 79.9 Å². The van der Waals surface area contributed by atoms with Crippen LogP contribution >= 0.6 is 0 Å². The topological polar surface area (TPSA) is 157 Å². The highest BCUT2D eigenvalue weighted by Crippen LogP contribution is 2.28. The molecule has 0 aliphatic carbocycles. The molecule has 0 spiro atoms. The highest BCUT2D eigenvalue weighted by Gasteiger charge is 2.27. The number of piperidine rings is 1. The SMILES string of the molecule is COc1nc(OCc2cccc(-c3ccccc3)c2C)ccc1CNCCNC(=O)CCCCCCCNC(=O)COc1ccc(C2CCC(=O)NC2=O)cc1. The summed E-state index contributed by atoms with van der Waals surface area (Å²) in [6.07, 6.45) is 5.86. The highest BCUT2D eigenvalue weighted by atomic mass is 16.5. The van der Waals surface area contributed by atoms with E-state index in [0.29, 0.717) is 69.6 Å². The first-order chi connectivity index (χ1) is 27.3. The Labute approximate surface area is 329 Å². The van der Waals surface area contributed by atoms with E-state index in [1.165, 1.54) is 16.7 Å². The van der Waals surface area contributed by atoms with Crippen LogP contribution in [0.4, 0.5) is 0 Å². The minimum atomic E-state index is -0.353. The summed E-state index contributed by atoms with van der Waals surface area (Å²) in [5.74, 6) is 0.487. The Balaban J connectivity index is 0.867. The summed E-state index contributed by atoms with van der Waals surface area (Å²) in [6.45, 7) is 4.65. The van der Waals surface area contributed by atoms with Crippen LogP contribution in [0.15, 0.2) is 84.9 Å². The fraction of sp³-hybridized carbons (Fsp3) is 0.386. The molecule has 1 aliphatic rings. The van der Waals surface area contributed by atoms with E-state index < -0.39 is 0 Å². The molecule has 56 heavy (non-hydrogen) atoms. The molecule has 12 heteroatoms. The third kappa shape index (κ3) is 12.9. The van der Waals surface area contributed by atoms with Crippen LogP contribution in [-0.4, -0.2) is 62.0 Å². The Kier molecular flexibility index (Phi) is 16.2. The first kappa shape index (κ1) is 41.4. The van der Waals surface area contributed by atoms with Gasteiger partial charge in [0.15, 0.2) is 6.61 Å². The summed E-state index contributed by atoms with van der Waals surface area (Å²) >= 11 is 0. The van der Waals surface area contributed by atoms with Gasteiger partial charge < -0.3 is 30.2 Å². The molecule has 4 amide bonds. The van der Waals surface area contributed by atoms with Crippen molar-refractivity contribution in [3.8, 4) is 28.6 Å². The molecule has 1 saturated heterocycles. The zero-order valence-electron chi connectivity index (χ0n) is 32.4. The molecule has 296 valence electrons. The molecular formula is C44H53N5O7. The number of imide groups is 1. The number of hydrogen-bond donors (Lipinski definition) is 4. The van der Waals surface area contributed by atoms with Crippen LogP contribution in [0.1, 0.15) is 79.5 Å². The summed E-state index contributed by atoms with van der Waals surface area (Å²) in [4.78, 5) is 52.5. The standard InChI is InChI=1S/C44H53N5O7/c1-31-35(14-11-15-37(31)32-12-7-6-8-13-32)29-56-42-24-19-34(44(49-42)54-2)28-45-26-27-47-39(50)16-9-4-3-5-10-25-46-41(52)30-55-36-20-17-33(18-21-36)38-22-23-40(51)48-43(38)53/h6-8,11-15,17-21,24,38,45H,3-5,9-10,16,22-23,25-30H2,1-2H3,(H,46,52)(H,47,50)(H,48,51,53). The van der Waals surface area contributed by atoms with Crippen molar-refractivity contribution in [2.24, 2.45) is 0 Å². The van der Waals surface area contributed by atoms with Crippen molar-refractivity contribution in [2.45, 2.75) is 77.4 Å². The molecule has 1 unspecified atom stereocenters. The Morgan fingerprint density at radius 2 is 1.55 bits per heavy atom. The monoisotopic (exact) mass is 763 g/mol. The van der Waals surface area contributed by atoms with Crippen LogP contribution in [0, 0.1) is 6.92 Å². The second-order valence-electron chi connectivity index (χ2n) is 13.8. The van der Waals surface area contributed by atoms with Crippen LogP contribution in [0.2, 0.25) is 0 Å². The van der Waals surface area contributed by atoms with Crippen LogP contribution < -0.4 is 35.5 Å². The predicted octanol–water partition coefficient (Wildman–Crippen LogP) is 5.91. The quantitative estimate of drug-likeness (QED) is 0.0565. The number of nitrogens with zero attached hydrogens (tertiary/aromatic N) is 1. The van der Waals surface area contributed by atoms with Gasteiger partial charge in [0.25, 0.3) is 5.91 Å². The van der Waals surface area contributed by atoms with Crippen molar-refractivity contribution in [1.29, 1.82) is 0 Å². The molecule has 12 nitrogen and oxygen atoms in total. The molecule has 1 aromatic heterocycles. The number of nitrogens with one attached hydrogen (secondary N) is 4. The van der Waals surface area contributed by atoms with Gasteiger partial charge in [-0.05, 0) is 72.2 Å². The molecule has 2 heterocycles. The molecule has 4 aromatic rings. The van der Waals surface area contributed by atoms with Gasteiger partial charge in [-0.25, -0.2) is 0 Å². The van der Waals surface area contributed by atoms with Crippen LogP contribution in [-0.2, 0) is 32.3 Å². The molecular weight excluding hydrogens is 711 g/mol. The zero-order valence-corrected chi connectivity index (χ0v) is 32.4. The third-order valence-electron chi connectivity index (χ3n) is 9.75. The number of methoxy groups -OCH3 is 1. The number of unbranched alkanes of at least 4 members (excludes halogenated alkanes) is 4. The predicted molar refractivity (Wildman–Crippen MR) is 214 cm³/mol. The van der Waals surface area contributed by atoms with Crippen LogP contribution in [0.5, 0.6) is 17.5 Å². The number of amides is 4. The van der Waals surface area contributed by atoms with Crippen molar-refractivity contribution in [2.75, 3.05) is 33.4 Å². The van der Waals surface area contributed by atoms with Crippen LogP contribution in [0.3, 0.4) is 0 Å². The van der Waals surface area contributed by atoms with Gasteiger partial charge in [-0.3, -0.25) is 24.5 Å². The number of aromatic nitrogens is 1. The van der Waals surface area contributed by atoms with E-state index in [0.717, 1.165) is 48.8 Å². The van der Waals surface area contributed by atoms with Crippen molar-refractivity contribution in [3.63, 3.8) is 0 Å². The number of pyridine rings is 1. The largest absolute Gasteiger partial charge is 0.484 e. The van der Waals surface area contributed by atoms with E-state index in [-0.39, 0.29) is 36.2 Å². The van der Waals surface area contributed by atoms with Gasteiger partial charge in [0, 0.05) is 50.7 Å². The number of benzene rings is 3. The van der Waals surface area contributed by atoms with Crippen molar-refractivity contribution in [1.82, 2.24) is 26.3 Å². The first-order valence-corrected chi connectivity index (χ1v) is 19.4. The average Bonchev–Trinajstić information content (AvgIpc) is 3.21. The second-order valence-corrected chi connectivity index (χ2v) is 13.8. The summed E-state index contributed by atoms with van der Waals surface area (Å²) in [5.41, 5.74) is 6.34. The Morgan fingerprint density at radius 1 is 0.786 bits per heavy atom. The Hall–Kier alpha value is -5.75. The lowest BCUT2D eigenvalue weighted by atomic mass is 9.90. The number of hydrogen-bond acceptors (Lipinski definition) is 9. The Bertz CT molecular complexity index is 1900. The van der Waals surface area contributed by atoms with Crippen molar-refractivity contribution in [3.05, 3.63) is 107 Å². The molecule has 0 saturated carbocycles. The molecule has 1 fully saturated rings. The molecule has 3 aromatic carbocycles. The fourth-order valence-corrected chi connectivity index (χ4v) is 6.54. The number of ether oxygens (including phenoxy) is 3. The maximum atomic E-state index is 12.3. The van der Waals surface area contributed by atoms with Crippen LogP contribution in [0.25, 0.3) is 11.1 Å². The zero-order chi connectivity index (χ0) is 39.5. The summed E-state index contributed by atoms with van der Waals surface area (Å²) in [5, 5.41) is 11.5. The average molecular weight is 764 g/mol. The van der Waals surface area contributed by atoms with E-state index in [1.807, 2.05) is 36.4 Å². The second kappa shape index (κ2) is 22.0. The van der Waals surface area contributed by atoms with E-state index >= 15 is 0 Å². The van der Waals surface area contributed by atoms with E-state index in [1.54, 1.807) is 31.4 Å². The smallest absolute Gasteiger partial charge is 0.257 e. The van der Waals surface area contributed by atoms with Gasteiger partial charge in [0.1, 0.15) is 12.4 Å².